The van der Waals surface area contributed by atoms with E-state index in [2.05, 4.69) is 0 Å². The maximum absolute atomic E-state index is 12.2. The molecule has 0 radical (unpaired) electrons. The summed E-state index contributed by atoms with van der Waals surface area (Å²) in [4.78, 5) is 12.2. The Balaban J connectivity index is 2.88. The van der Waals surface area contributed by atoms with Gasteiger partial charge in [0.15, 0.2) is 0 Å². The van der Waals surface area contributed by atoms with Crippen LogP contribution in [0.2, 0.25) is 0 Å². The summed E-state index contributed by atoms with van der Waals surface area (Å²) in [6, 6.07) is 3.93. The van der Waals surface area contributed by atoms with Gasteiger partial charge in [0.2, 0.25) is 0 Å². The quantitative estimate of drug-likeness (QED) is 0.905. The first-order chi connectivity index (χ1) is 8.51. The highest BCUT2D eigenvalue weighted by atomic mass is 16.3. The maximum atomic E-state index is 12.2. The van der Waals surface area contributed by atoms with Crippen molar-refractivity contribution in [1.82, 2.24) is 9.13 Å². The molecule has 0 amide bonds. The van der Waals surface area contributed by atoms with Crippen molar-refractivity contribution >= 4 is 11.0 Å². The molecule has 1 atom stereocenters. The van der Waals surface area contributed by atoms with E-state index >= 15 is 0 Å². The van der Waals surface area contributed by atoms with Crippen molar-refractivity contribution in [2.45, 2.75) is 46.9 Å². The van der Waals surface area contributed by atoms with Gasteiger partial charge in [0.05, 0.1) is 17.1 Å². The fourth-order valence-corrected chi connectivity index (χ4v) is 2.54. The van der Waals surface area contributed by atoms with Crippen LogP contribution in [0.3, 0.4) is 0 Å². The van der Waals surface area contributed by atoms with Crippen molar-refractivity contribution in [3.63, 3.8) is 0 Å². The molecule has 1 unspecified atom stereocenters. The largest absolute Gasteiger partial charge is 0.389 e. The molecule has 2 aromatic rings. The smallest absolute Gasteiger partial charge is 0.329 e. The molecule has 0 aliphatic rings. The molecule has 0 saturated carbocycles. The van der Waals surface area contributed by atoms with Gasteiger partial charge in [-0.25, -0.2) is 4.79 Å². The number of aliphatic hydroxyl groups excluding tert-OH is 1. The van der Waals surface area contributed by atoms with Gasteiger partial charge in [-0.1, -0.05) is 0 Å². The Labute approximate surface area is 106 Å². The number of rotatable bonds is 3. The Morgan fingerprint density at radius 2 is 1.67 bits per heavy atom. The van der Waals surface area contributed by atoms with Crippen LogP contribution in [0.15, 0.2) is 16.9 Å². The third-order valence-electron chi connectivity index (χ3n) is 3.49. The van der Waals surface area contributed by atoms with E-state index in [4.69, 9.17) is 0 Å². The molecule has 1 heterocycles. The van der Waals surface area contributed by atoms with E-state index in [0.29, 0.717) is 13.1 Å². The molecule has 1 N–H and O–H groups in total. The number of aryl methyl sites for hydroxylation is 3. The first-order valence-electron chi connectivity index (χ1n) is 6.42. The van der Waals surface area contributed by atoms with Crippen LogP contribution >= 0.6 is 0 Å². The lowest BCUT2D eigenvalue weighted by Gasteiger charge is -2.10. The number of aliphatic hydroxyl groups is 1. The second-order valence-corrected chi connectivity index (χ2v) is 4.64. The van der Waals surface area contributed by atoms with Gasteiger partial charge >= 0.3 is 5.69 Å². The predicted octanol–water partition coefficient (Wildman–Crippen LogP) is 2.20. The molecule has 1 aromatic carbocycles. The lowest BCUT2D eigenvalue weighted by Crippen LogP contribution is -2.23. The van der Waals surface area contributed by atoms with Gasteiger partial charge in [-0.3, -0.25) is 9.13 Å². The summed E-state index contributed by atoms with van der Waals surface area (Å²) in [5.74, 6) is 0. The number of hydrogen-bond donors (Lipinski definition) is 1. The molecular formula is C14H20N2O2. The molecule has 4 heteroatoms. The van der Waals surface area contributed by atoms with Gasteiger partial charge in [0.1, 0.15) is 0 Å². The standard InChI is InChI=1S/C14H20N2O2/c1-5-15-12-7-9(3)11(10(4)17)8-13(12)16(6-2)14(15)18/h7-8,10,17H,5-6H2,1-4H3. The minimum atomic E-state index is -0.514. The zero-order valence-electron chi connectivity index (χ0n) is 11.4. The van der Waals surface area contributed by atoms with E-state index in [1.165, 1.54) is 0 Å². The summed E-state index contributed by atoms with van der Waals surface area (Å²) in [5, 5.41) is 9.77. The van der Waals surface area contributed by atoms with Crippen LogP contribution < -0.4 is 5.69 Å². The van der Waals surface area contributed by atoms with E-state index < -0.39 is 6.10 Å². The van der Waals surface area contributed by atoms with Crippen LogP contribution in [0.1, 0.15) is 38.0 Å². The summed E-state index contributed by atoms with van der Waals surface area (Å²) in [6.45, 7) is 8.95. The Morgan fingerprint density at radius 3 is 2.11 bits per heavy atom. The Hall–Kier alpha value is -1.55. The zero-order chi connectivity index (χ0) is 13.4. The molecule has 2 rings (SSSR count). The molecule has 0 spiro atoms. The zero-order valence-corrected chi connectivity index (χ0v) is 11.4. The number of aromatic nitrogens is 2. The highest BCUT2D eigenvalue weighted by molar-refractivity contribution is 5.78. The van der Waals surface area contributed by atoms with Gasteiger partial charge in [-0.2, -0.15) is 0 Å². The fourth-order valence-electron chi connectivity index (χ4n) is 2.54. The van der Waals surface area contributed by atoms with Crippen LogP contribution in [0, 0.1) is 6.92 Å². The predicted molar refractivity (Wildman–Crippen MR) is 72.9 cm³/mol. The van der Waals surface area contributed by atoms with E-state index in [1.54, 1.807) is 16.1 Å². The van der Waals surface area contributed by atoms with E-state index in [0.717, 1.165) is 22.2 Å². The minimum Gasteiger partial charge on any atom is -0.389 e. The van der Waals surface area contributed by atoms with Crippen LogP contribution in [0.25, 0.3) is 11.0 Å². The monoisotopic (exact) mass is 248 g/mol. The average molecular weight is 248 g/mol. The number of benzene rings is 1. The van der Waals surface area contributed by atoms with E-state index in [-0.39, 0.29) is 5.69 Å². The number of nitrogens with zero attached hydrogens (tertiary/aromatic N) is 2. The van der Waals surface area contributed by atoms with Crippen molar-refractivity contribution in [1.29, 1.82) is 0 Å². The Bertz CT molecular complexity index is 635. The average Bonchev–Trinajstić information content (AvgIpc) is 2.58. The summed E-state index contributed by atoms with van der Waals surface area (Å²) < 4.78 is 3.53. The molecule has 0 aliphatic carbocycles. The molecule has 0 fully saturated rings. The van der Waals surface area contributed by atoms with Crippen LogP contribution in [0.4, 0.5) is 0 Å². The fraction of sp³-hybridized carbons (Fsp3) is 0.500. The maximum Gasteiger partial charge on any atom is 0.329 e. The molecule has 1 aromatic heterocycles. The molecular weight excluding hydrogens is 228 g/mol. The molecule has 18 heavy (non-hydrogen) atoms. The van der Waals surface area contributed by atoms with Crippen LogP contribution in [0.5, 0.6) is 0 Å². The van der Waals surface area contributed by atoms with E-state index in [9.17, 15) is 9.90 Å². The molecule has 0 bridgehead atoms. The highest BCUT2D eigenvalue weighted by Gasteiger charge is 2.14. The van der Waals surface area contributed by atoms with Gasteiger partial charge in [0, 0.05) is 13.1 Å². The summed E-state index contributed by atoms with van der Waals surface area (Å²) in [5.41, 5.74) is 3.79. The molecule has 4 nitrogen and oxygen atoms in total. The van der Waals surface area contributed by atoms with Crippen molar-refractivity contribution in [2.24, 2.45) is 0 Å². The first kappa shape index (κ1) is 12.9. The van der Waals surface area contributed by atoms with Gasteiger partial charge in [0.25, 0.3) is 0 Å². The third-order valence-corrected chi connectivity index (χ3v) is 3.49. The summed E-state index contributed by atoms with van der Waals surface area (Å²) >= 11 is 0. The Morgan fingerprint density at radius 1 is 1.17 bits per heavy atom. The number of fused-ring (bicyclic) bond motifs is 1. The number of hydrogen-bond acceptors (Lipinski definition) is 2. The van der Waals surface area contributed by atoms with Crippen LogP contribution in [-0.4, -0.2) is 14.2 Å². The second kappa shape index (κ2) is 4.61. The highest BCUT2D eigenvalue weighted by Crippen LogP contribution is 2.24. The normalized spacial score (nSPS) is 13.2. The van der Waals surface area contributed by atoms with Gasteiger partial charge in [-0.15, -0.1) is 0 Å². The van der Waals surface area contributed by atoms with Crippen molar-refractivity contribution in [3.8, 4) is 0 Å². The molecule has 0 saturated heterocycles. The van der Waals surface area contributed by atoms with Crippen molar-refractivity contribution in [2.75, 3.05) is 0 Å². The van der Waals surface area contributed by atoms with Gasteiger partial charge < -0.3 is 5.11 Å². The van der Waals surface area contributed by atoms with Crippen LogP contribution in [-0.2, 0) is 13.1 Å². The SMILES string of the molecule is CCn1c(=O)n(CC)c2cc(C(C)O)c(C)cc21. The summed E-state index contributed by atoms with van der Waals surface area (Å²) in [6.07, 6.45) is -0.514. The Kier molecular flexibility index (Phi) is 3.30. The summed E-state index contributed by atoms with van der Waals surface area (Å²) in [7, 11) is 0. The van der Waals surface area contributed by atoms with E-state index in [1.807, 2.05) is 32.9 Å². The molecule has 0 aliphatic heterocycles. The number of imidazole rings is 1. The van der Waals surface area contributed by atoms with Crippen molar-refractivity contribution in [3.05, 3.63) is 33.7 Å². The topological polar surface area (TPSA) is 47.2 Å². The first-order valence-corrected chi connectivity index (χ1v) is 6.42. The minimum absolute atomic E-state index is 0.0251. The third kappa shape index (κ3) is 1.77. The lowest BCUT2D eigenvalue weighted by atomic mass is 10.0. The second-order valence-electron chi connectivity index (χ2n) is 4.64. The van der Waals surface area contributed by atoms with Crippen molar-refractivity contribution < 1.29 is 5.11 Å². The van der Waals surface area contributed by atoms with Gasteiger partial charge in [-0.05, 0) is 51.0 Å². The lowest BCUT2D eigenvalue weighted by molar-refractivity contribution is 0.198. The molecule has 98 valence electrons.